The monoisotopic (exact) mass is 942 g/mol. The van der Waals surface area contributed by atoms with E-state index in [2.05, 4.69) is 42.6 Å². The van der Waals surface area contributed by atoms with Crippen LogP contribution in [0, 0.1) is 0 Å². The third kappa shape index (κ3) is 8.77. The summed E-state index contributed by atoms with van der Waals surface area (Å²) in [6.45, 7) is 11.8. The highest BCUT2D eigenvalue weighted by Crippen LogP contribution is 2.45. The fraction of sp³-hybridized carbons (Fsp3) is 0.511. The van der Waals surface area contributed by atoms with E-state index in [0.717, 1.165) is 80.6 Å². The van der Waals surface area contributed by atoms with E-state index in [9.17, 15) is 24.0 Å². The van der Waals surface area contributed by atoms with E-state index in [1.165, 1.54) is 7.05 Å². The molecular weight excluding hydrogens is 887 g/mol. The van der Waals surface area contributed by atoms with Gasteiger partial charge in [-0.15, -0.1) is 0 Å². The zero-order valence-corrected chi connectivity index (χ0v) is 39.3. The van der Waals surface area contributed by atoms with Crippen molar-refractivity contribution in [3.63, 3.8) is 0 Å². The molecule has 2 aromatic heterocycles. The first kappa shape index (κ1) is 45.7. The molecule has 1 saturated carbocycles. The second-order valence-electron chi connectivity index (χ2n) is 18.3. The van der Waals surface area contributed by atoms with E-state index in [-0.39, 0.29) is 72.4 Å². The van der Waals surface area contributed by atoms with Crippen LogP contribution in [0.2, 0.25) is 10.0 Å². The number of nitrogens with zero attached hydrogens (tertiary/aromatic N) is 7. The lowest BCUT2D eigenvalue weighted by atomic mass is 9.86. The maximum atomic E-state index is 13.5. The van der Waals surface area contributed by atoms with Gasteiger partial charge in [-0.25, -0.2) is 4.98 Å². The minimum atomic E-state index is -0.703. The van der Waals surface area contributed by atoms with E-state index < -0.39 is 11.9 Å². The molecule has 1 aliphatic carbocycles. The summed E-state index contributed by atoms with van der Waals surface area (Å²) in [6.07, 6.45) is 6.18. The van der Waals surface area contributed by atoms with Crippen molar-refractivity contribution in [2.75, 3.05) is 61.5 Å². The third-order valence-corrected chi connectivity index (χ3v) is 14.5. The van der Waals surface area contributed by atoms with Crippen LogP contribution in [0.15, 0.2) is 47.4 Å². The summed E-state index contributed by atoms with van der Waals surface area (Å²) in [4.78, 5) is 81.2. The molecule has 3 saturated heterocycles. The molecule has 0 radical (unpaired) electrons. The molecule has 9 rings (SSSR count). The number of rotatable bonds is 12. The number of aromatic nitrogens is 3. The molecule has 0 unspecified atom stereocenters. The van der Waals surface area contributed by atoms with Crippen LogP contribution in [0.4, 0.5) is 23.1 Å². The number of pyridine rings is 1. The molecule has 350 valence electrons. The number of carbonyl (C=O) groups excluding carboxylic acids is 4. The summed E-state index contributed by atoms with van der Waals surface area (Å²) in [7, 11) is 1.51. The number of anilines is 4. The van der Waals surface area contributed by atoms with Gasteiger partial charge in [-0.3, -0.25) is 34.2 Å². The van der Waals surface area contributed by atoms with Crippen molar-refractivity contribution < 1.29 is 28.7 Å². The highest BCUT2D eigenvalue weighted by molar-refractivity contribution is 6.35. The number of carbonyl (C=O) groups is 4. The number of ether oxygens (including phenoxy) is 2. The summed E-state index contributed by atoms with van der Waals surface area (Å²) in [5.41, 5.74) is 3.29. The number of hydrogen-bond donors (Lipinski definition) is 3. The smallest absolute Gasteiger partial charge is 0.293 e. The molecule has 3 N–H and O–H groups in total. The van der Waals surface area contributed by atoms with E-state index in [1.807, 2.05) is 51.1 Å². The molecule has 4 fully saturated rings. The van der Waals surface area contributed by atoms with E-state index in [4.69, 9.17) is 37.7 Å². The fourth-order valence-corrected chi connectivity index (χ4v) is 10.8. The second kappa shape index (κ2) is 18.7. The Morgan fingerprint density at radius 1 is 0.970 bits per heavy atom. The quantitative estimate of drug-likeness (QED) is 0.150. The number of benzene rings is 2. The van der Waals surface area contributed by atoms with Gasteiger partial charge in [-0.05, 0) is 96.2 Å². The van der Waals surface area contributed by atoms with Gasteiger partial charge in [0.1, 0.15) is 11.1 Å². The molecular formula is C47H56Cl2N10O7. The van der Waals surface area contributed by atoms with Crippen LogP contribution < -0.4 is 36.0 Å². The fourth-order valence-electron chi connectivity index (χ4n) is 10.3. The number of fused-ring (bicyclic) bond motifs is 2. The van der Waals surface area contributed by atoms with Crippen molar-refractivity contribution in [3.8, 4) is 5.75 Å². The first-order valence-corrected chi connectivity index (χ1v) is 23.7. The number of hydrogen-bond acceptors (Lipinski definition) is 13. The van der Waals surface area contributed by atoms with E-state index in [1.54, 1.807) is 21.7 Å². The number of nitrogens with one attached hydrogen (secondary N) is 3. The Balaban J connectivity index is 0.762. The van der Waals surface area contributed by atoms with Gasteiger partial charge < -0.3 is 39.4 Å². The summed E-state index contributed by atoms with van der Waals surface area (Å²) in [6, 6.07) is 10.5. The summed E-state index contributed by atoms with van der Waals surface area (Å²) >= 11 is 13.7. The summed E-state index contributed by atoms with van der Waals surface area (Å²) in [5, 5.41) is 9.89. The summed E-state index contributed by atoms with van der Waals surface area (Å²) < 4.78 is 13.9. The lowest BCUT2D eigenvalue weighted by Crippen LogP contribution is -2.59. The number of imide groups is 1. The average molecular weight is 944 g/mol. The summed E-state index contributed by atoms with van der Waals surface area (Å²) in [5.74, 6) is -0.182. The van der Waals surface area contributed by atoms with Gasteiger partial charge in [-0.2, -0.15) is 4.98 Å². The first-order valence-electron chi connectivity index (χ1n) is 22.9. The van der Waals surface area contributed by atoms with Crippen LogP contribution in [0.25, 0.3) is 10.9 Å². The molecule has 19 heteroatoms. The minimum Gasteiger partial charge on any atom is -0.478 e. The lowest BCUT2D eigenvalue weighted by Gasteiger charge is -2.50. The zero-order chi connectivity index (χ0) is 46.6. The maximum Gasteiger partial charge on any atom is 0.293 e. The molecule has 6 heterocycles. The van der Waals surface area contributed by atoms with Crippen molar-refractivity contribution in [2.24, 2.45) is 0 Å². The molecule has 66 heavy (non-hydrogen) atoms. The molecule has 4 amide bonds. The molecule has 5 aliphatic rings. The van der Waals surface area contributed by atoms with Crippen molar-refractivity contribution in [1.29, 1.82) is 0 Å². The molecule has 3 atom stereocenters. The Morgan fingerprint density at radius 2 is 1.74 bits per heavy atom. The lowest BCUT2D eigenvalue weighted by molar-refractivity contribution is -0.137. The Hall–Kier alpha value is -5.49. The van der Waals surface area contributed by atoms with E-state index >= 15 is 0 Å². The Bertz CT molecular complexity index is 2630. The second-order valence-corrected chi connectivity index (χ2v) is 19.1. The Morgan fingerprint density at radius 3 is 2.45 bits per heavy atom. The van der Waals surface area contributed by atoms with Crippen molar-refractivity contribution in [1.82, 2.24) is 35.0 Å². The zero-order valence-electron chi connectivity index (χ0n) is 37.8. The van der Waals surface area contributed by atoms with Crippen LogP contribution in [0.3, 0.4) is 0 Å². The molecule has 4 aliphatic heterocycles. The van der Waals surface area contributed by atoms with Crippen molar-refractivity contribution in [2.45, 2.75) is 109 Å². The number of halogens is 2. The Kier molecular flexibility index (Phi) is 12.9. The molecule has 17 nitrogen and oxygen atoms in total. The van der Waals surface area contributed by atoms with Gasteiger partial charge >= 0.3 is 0 Å². The number of amides is 4. The van der Waals surface area contributed by atoms with Gasteiger partial charge in [0.2, 0.25) is 17.8 Å². The van der Waals surface area contributed by atoms with E-state index in [0.29, 0.717) is 45.5 Å². The number of piperazine rings is 1. The normalized spacial score (nSPS) is 23.8. The largest absolute Gasteiger partial charge is 0.478 e. The van der Waals surface area contributed by atoms with Crippen molar-refractivity contribution in [3.05, 3.63) is 74.1 Å². The maximum absolute atomic E-state index is 13.5. The molecule has 0 bridgehead atoms. The minimum absolute atomic E-state index is 0.0898. The van der Waals surface area contributed by atoms with Gasteiger partial charge in [0, 0.05) is 86.5 Å². The molecule has 2 aromatic carbocycles. The highest BCUT2D eigenvalue weighted by Gasteiger charge is 2.45. The van der Waals surface area contributed by atoms with Crippen molar-refractivity contribution >= 4 is 80.9 Å². The number of piperidine rings is 2. The third-order valence-electron chi connectivity index (χ3n) is 13.8. The average Bonchev–Trinajstić information content (AvgIpc) is 3.53. The van der Waals surface area contributed by atoms with Crippen LogP contribution in [0.5, 0.6) is 5.75 Å². The van der Waals surface area contributed by atoms with Gasteiger partial charge in [-0.1, -0.05) is 23.2 Å². The van der Waals surface area contributed by atoms with Gasteiger partial charge in [0.15, 0.2) is 18.2 Å². The standard InChI is InChI=1S/C47H56Cl2N10O7/c1-25(2)58-35-8-6-29(18-28(35)19-38(46(58)64)65-24-40(61)50-5)52-43-34(48)22-51-47(54-43)55-14-12-31(13-15-55)66-32-20-30(21-32)56-16-17-57(26(3)23-56)36-9-7-33-41(42(36)49)27(4)59(45(33)63)37-10-11-39(60)53-44(37)62/h6-9,18-19,22,25-27,30-32,37H,10-17,20-21,23-24H2,1-5H3,(H,50,61)(H,51,52,54)(H,53,60,62)/t26-,27-,30-,32-,37+/m1/s1. The first-order chi connectivity index (χ1) is 31.7. The number of likely N-dealkylation sites (N-methyl/N-ethyl adjacent to an activating group) is 1. The molecule has 0 spiro atoms. The van der Waals surface area contributed by atoms with Crippen LogP contribution in [0.1, 0.15) is 94.2 Å². The highest BCUT2D eigenvalue weighted by atomic mass is 35.5. The van der Waals surface area contributed by atoms with Gasteiger partial charge in [0.05, 0.1) is 40.7 Å². The molecule has 4 aromatic rings. The predicted octanol–water partition coefficient (Wildman–Crippen LogP) is 5.60. The topological polar surface area (TPSA) is 184 Å². The van der Waals surface area contributed by atoms with Crippen LogP contribution in [-0.2, 0) is 19.1 Å². The predicted molar refractivity (Wildman–Crippen MR) is 252 cm³/mol. The van der Waals surface area contributed by atoms with Crippen LogP contribution in [-0.4, -0.2) is 125 Å². The van der Waals surface area contributed by atoms with Gasteiger partial charge in [0.25, 0.3) is 17.4 Å². The SMILES string of the molecule is CNC(=O)COc1cc2cc(Nc3nc(N4CCC(O[C@H]5C[C@H](N6CCN(c7ccc8c(c7Cl)[C@@H](C)N([C@H]7CCC(=O)NC7=O)C8=O)[C@H](C)C6)C5)CC4)ncc3Cl)ccc2n(C(C)C)c1=O. The van der Waals surface area contributed by atoms with Crippen LogP contribution >= 0.6 is 23.2 Å². The Labute approximate surface area is 393 Å².